The van der Waals surface area contributed by atoms with Gasteiger partial charge < -0.3 is 14.8 Å². The monoisotopic (exact) mass is 404 g/mol. The van der Waals surface area contributed by atoms with Crippen molar-refractivity contribution >= 4 is 23.6 Å². The van der Waals surface area contributed by atoms with Gasteiger partial charge >= 0.3 is 5.97 Å². The molecular weight excluding hydrogens is 389 g/mol. The van der Waals surface area contributed by atoms with Gasteiger partial charge in [-0.15, -0.1) is 0 Å². The summed E-state index contributed by atoms with van der Waals surface area (Å²) in [6.07, 6.45) is -0.207. The summed E-state index contributed by atoms with van der Waals surface area (Å²) < 4.78 is 49.7. The van der Waals surface area contributed by atoms with Crippen LogP contribution in [0.15, 0.2) is 42.0 Å². The first-order valence-corrected chi connectivity index (χ1v) is 8.18. The molecular formula is C20H15F3N2O4. The molecule has 2 rings (SSSR count). The van der Waals surface area contributed by atoms with Gasteiger partial charge in [0.15, 0.2) is 23.6 Å². The van der Waals surface area contributed by atoms with Gasteiger partial charge in [0.2, 0.25) is 0 Å². The number of nitrogens with zero attached hydrogens (tertiary/aromatic N) is 1. The molecule has 0 aliphatic rings. The highest BCUT2D eigenvalue weighted by Crippen LogP contribution is 2.20. The number of esters is 1. The Morgan fingerprint density at radius 3 is 2.55 bits per heavy atom. The highest BCUT2D eigenvalue weighted by molar-refractivity contribution is 6.01. The third-order valence-electron chi connectivity index (χ3n) is 3.69. The minimum atomic E-state index is -1.75. The fourth-order valence-electron chi connectivity index (χ4n) is 2.17. The molecule has 29 heavy (non-hydrogen) atoms. The standard InChI is InChI=1S/C20H15F3N2O4/c1-11(19(26)25-16-7-6-15(21)17(22)18(16)23)29-20(27)13(10-24)8-12-4-3-5-14(9-12)28-2/h3-9,11H,1-2H3,(H,25,26)/b13-8+/t11-/m0/s1. The lowest BCUT2D eigenvalue weighted by Crippen LogP contribution is -2.30. The number of carbonyl (C=O) groups is 2. The Labute approximate surface area is 164 Å². The molecule has 0 aliphatic carbocycles. The molecule has 0 saturated heterocycles. The van der Waals surface area contributed by atoms with Gasteiger partial charge in [-0.05, 0) is 42.8 Å². The number of benzene rings is 2. The van der Waals surface area contributed by atoms with E-state index in [9.17, 15) is 28.0 Å². The molecule has 0 aliphatic heterocycles. The molecule has 1 N–H and O–H groups in total. The summed E-state index contributed by atoms with van der Waals surface area (Å²) in [5.74, 6) is -6.34. The van der Waals surface area contributed by atoms with E-state index in [0.29, 0.717) is 17.4 Å². The van der Waals surface area contributed by atoms with Gasteiger partial charge in [-0.25, -0.2) is 18.0 Å². The molecule has 2 aromatic carbocycles. The number of methoxy groups -OCH3 is 1. The molecule has 1 atom stereocenters. The van der Waals surface area contributed by atoms with E-state index in [1.54, 1.807) is 30.3 Å². The van der Waals surface area contributed by atoms with Gasteiger partial charge in [-0.1, -0.05) is 12.1 Å². The fourth-order valence-corrected chi connectivity index (χ4v) is 2.17. The summed E-state index contributed by atoms with van der Waals surface area (Å²) in [5.41, 5.74) is -0.528. The summed E-state index contributed by atoms with van der Waals surface area (Å²) in [5, 5.41) is 11.2. The summed E-state index contributed by atoms with van der Waals surface area (Å²) in [6, 6.07) is 9.64. The van der Waals surface area contributed by atoms with Gasteiger partial charge in [0, 0.05) is 0 Å². The average Bonchev–Trinajstić information content (AvgIpc) is 2.72. The third kappa shape index (κ3) is 5.35. The minimum absolute atomic E-state index is 0.392. The predicted molar refractivity (Wildman–Crippen MR) is 97.1 cm³/mol. The molecule has 9 heteroatoms. The van der Waals surface area contributed by atoms with Gasteiger partial charge in [0.05, 0.1) is 12.8 Å². The summed E-state index contributed by atoms with van der Waals surface area (Å²) >= 11 is 0. The highest BCUT2D eigenvalue weighted by atomic mass is 19.2. The molecule has 2 aromatic rings. The second-order valence-electron chi connectivity index (χ2n) is 5.71. The van der Waals surface area contributed by atoms with Gasteiger partial charge in [-0.3, -0.25) is 4.79 Å². The van der Waals surface area contributed by atoms with Crippen molar-refractivity contribution < 1.29 is 32.2 Å². The molecule has 0 heterocycles. The van der Waals surface area contributed by atoms with E-state index >= 15 is 0 Å². The number of halogens is 3. The number of carbonyl (C=O) groups excluding carboxylic acids is 2. The number of hydrogen-bond acceptors (Lipinski definition) is 5. The van der Waals surface area contributed by atoms with E-state index in [0.717, 1.165) is 6.07 Å². The lowest BCUT2D eigenvalue weighted by atomic mass is 10.1. The van der Waals surface area contributed by atoms with Crippen molar-refractivity contribution in [2.75, 3.05) is 12.4 Å². The van der Waals surface area contributed by atoms with Crippen LogP contribution in [0.25, 0.3) is 6.08 Å². The molecule has 6 nitrogen and oxygen atoms in total. The lowest BCUT2D eigenvalue weighted by Gasteiger charge is -2.14. The molecule has 0 aromatic heterocycles. The first-order chi connectivity index (χ1) is 13.8. The van der Waals surface area contributed by atoms with E-state index < -0.39 is 46.7 Å². The molecule has 0 radical (unpaired) electrons. The van der Waals surface area contributed by atoms with Crippen LogP contribution >= 0.6 is 0 Å². The van der Waals surface area contributed by atoms with Crippen LogP contribution in [-0.2, 0) is 14.3 Å². The van der Waals surface area contributed by atoms with E-state index in [1.165, 1.54) is 20.1 Å². The number of ether oxygens (including phenoxy) is 2. The maximum absolute atomic E-state index is 13.6. The highest BCUT2D eigenvalue weighted by Gasteiger charge is 2.23. The summed E-state index contributed by atoms with van der Waals surface area (Å²) in [6.45, 7) is 1.17. The molecule has 1 amide bonds. The van der Waals surface area contributed by atoms with Gasteiger partial charge in [-0.2, -0.15) is 5.26 Å². The normalized spacial score (nSPS) is 11.9. The van der Waals surface area contributed by atoms with E-state index in [4.69, 9.17) is 9.47 Å². The van der Waals surface area contributed by atoms with E-state index in [1.807, 2.05) is 5.32 Å². The topological polar surface area (TPSA) is 88.4 Å². The lowest BCUT2D eigenvalue weighted by molar-refractivity contribution is -0.148. The van der Waals surface area contributed by atoms with Crippen molar-refractivity contribution in [1.82, 2.24) is 0 Å². The van der Waals surface area contributed by atoms with Crippen LogP contribution < -0.4 is 10.1 Å². The smallest absolute Gasteiger partial charge is 0.349 e. The second kappa shape index (κ2) is 9.41. The molecule has 150 valence electrons. The van der Waals surface area contributed by atoms with Crippen molar-refractivity contribution in [3.63, 3.8) is 0 Å². The van der Waals surface area contributed by atoms with Crippen LogP contribution in [0.1, 0.15) is 12.5 Å². The molecule has 0 saturated carbocycles. The molecule has 0 bridgehead atoms. The summed E-state index contributed by atoms with van der Waals surface area (Å²) in [4.78, 5) is 24.2. The Balaban J connectivity index is 2.10. The minimum Gasteiger partial charge on any atom is -0.497 e. The predicted octanol–water partition coefficient (Wildman–Crippen LogP) is 3.59. The molecule has 0 fully saturated rings. The van der Waals surface area contributed by atoms with Gasteiger partial charge in [0.25, 0.3) is 5.91 Å². The Bertz CT molecular complexity index is 1020. The number of nitriles is 1. The Morgan fingerprint density at radius 1 is 1.17 bits per heavy atom. The first kappa shape index (κ1) is 21.5. The van der Waals surface area contributed by atoms with Crippen molar-refractivity contribution in [1.29, 1.82) is 5.26 Å². The van der Waals surface area contributed by atoms with Crippen LogP contribution in [0.2, 0.25) is 0 Å². The van der Waals surface area contributed by atoms with Crippen molar-refractivity contribution in [2.45, 2.75) is 13.0 Å². The van der Waals surface area contributed by atoms with E-state index in [-0.39, 0.29) is 0 Å². The Hall–Kier alpha value is -3.80. The molecule has 0 spiro atoms. The van der Waals surface area contributed by atoms with Crippen LogP contribution in [-0.4, -0.2) is 25.1 Å². The van der Waals surface area contributed by atoms with Crippen LogP contribution in [0.5, 0.6) is 5.75 Å². The zero-order chi connectivity index (χ0) is 21.6. The molecule has 0 unspecified atom stereocenters. The number of hydrogen-bond donors (Lipinski definition) is 1. The van der Waals surface area contributed by atoms with Crippen LogP contribution in [0, 0.1) is 28.8 Å². The number of amides is 1. The first-order valence-electron chi connectivity index (χ1n) is 8.18. The maximum atomic E-state index is 13.6. The van der Waals surface area contributed by atoms with Gasteiger partial charge in [0.1, 0.15) is 17.4 Å². The van der Waals surface area contributed by atoms with Crippen molar-refractivity contribution in [2.24, 2.45) is 0 Å². The Kier molecular flexibility index (Phi) is 6.98. The quantitative estimate of drug-likeness (QED) is 0.344. The van der Waals surface area contributed by atoms with Crippen LogP contribution in [0.3, 0.4) is 0 Å². The largest absolute Gasteiger partial charge is 0.497 e. The number of anilines is 1. The van der Waals surface area contributed by atoms with Crippen molar-refractivity contribution in [3.05, 3.63) is 65.0 Å². The van der Waals surface area contributed by atoms with Crippen molar-refractivity contribution in [3.8, 4) is 11.8 Å². The Morgan fingerprint density at radius 2 is 1.90 bits per heavy atom. The zero-order valence-electron chi connectivity index (χ0n) is 15.3. The maximum Gasteiger partial charge on any atom is 0.349 e. The third-order valence-corrected chi connectivity index (χ3v) is 3.69. The zero-order valence-corrected chi connectivity index (χ0v) is 15.3. The second-order valence-corrected chi connectivity index (χ2v) is 5.71. The average molecular weight is 404 g/mol. The van der Waals surface area contributed by atoms with Crippen LogP contribution in [0.4, 0.5) is 18.9 Å². The fraction of sp³-hybridized carbons (Fsp3) is 0.150. The SMILES string of the molecule is COc1cccc(/C=C(\C#N)C(=O)O[C@@H](C)C(=O)Nc2ccc(F)c(F)c2F)c1. The number of nitrogens with one attached hydrogen (secondary N) is 1. The summed E-state index contributed by atoms with van der Waals surface area (Å²) in [7, 11) is 1.46. The van der Waals surface area contributed by atoms with E-state index in [2.05, 4.69) is 0 Å². The number of rotatable bonds is 6.